The van der Waals surface area contributed by atoms with Crippen molar-refractivity contribution < 1.29 is 24.5 Å². The second kappa shape index (κ2) is 77.8. The Morgan fingerprint density at radius 1 is 0.307 bits per heavy atom. The summed E-state index contributed by atoms with van der Waals surface area (Å²) in [5, 5.41) is 23.3. The molecule has 2 atom stereocenters. The van der Waals surface area contributed by atoms with Gasteiger partial charge in [-0.3, -0.25) is 9.59 Å². The Balaban J connectivity index is 3.35. The number of esters is 1. The van der Waals surface area contributed by atoms with Gasteiger partial charge in [0.15, 0.2) is 0 Å². The molecule has 6 heteroatoms. The molecule has 0 aliphatic heterocycles. The monoisotopic (exact) mass is 1240 g/mol. The average Bonchev–Trinajstić information content (AvgIpc) is 3.58. The van der Waals surface area contributed by atoms with E-state index in [4.69, 9.17) is 4.74 Å². The van der Waals surface area contributed by atoms with Gasteiger partial charge in [0.1, 0.15) is 0 Å². The zero-order chi connectivity index (χ0) is 63.5. The lowest BCUT2D eigenvalue weighted by Crippen LogP contribution is -2.45. The van der Waals surface area contributed by atoms with Crippen LogP contribution in [0.3, 0.4) is 0 Å². The number of rotatable bonds is 77. The highest BCUT2D eigenvalue weighted by Crippen LogP contribution is 2.20. The molecule has 3 N–H and O–H groups in total. The van der Waals surface area contributed by atoms with E-state index in [-0.39, 0.29) is 18.5 Å². The lowest BCUT2D eigenvalue weighted by atomic mass is 10.0. The van der Waals surface area contributed by atoms with E-state index in [9.17, 15) is 19.8 Å². The second-order valence-electron chi connectivity index (χ2n) is 28.1. The summed E-state index contributed by atoms with van der Waals surface area (Å²) >= 11 is 0. The first-order chi connectivity index (χ1) is 43.5. The maximum atomic E-state index is 12.6. The Bertz CT molecular complexity index is 1380. The largest absolute Gasteiger partial charge is 0.466 e. The van der Waals surface area contributed by atoms with E-state index >= 15 is 0 Å². The molecule has 0 aromatic carbocycles. The topological polar surface area (TPSA) is 95.9 Å². The SMILES string of the molecule is CCCCCCCCC/C=C\CCCCCCCC(=O)OCCCCCCCCCCCCCCCCCCCCCCCCCCCCCCCCCCC(=O)NC(CO)C(O)/C=C/CCCCCCCCCCCCCCCCCCCCCCC. The van der Waals surface area contributed by atoms with Crippen LogP contribution in [0.5, 0.6) is 0 Å². The smallest absolute Gasteiger partial charge is 0.305 e. The number of hydrogen-bond donors (Lipinski definition) is 3. The molecule has 0 heterocycles. The minimum atomic E-state index is -0.843. The fourth-order valence-corrected chi connectivity index (χ4v) is 13.0. The van der Waals surface area contributed by atoms with Crippen molar-refractivity contribution in [3.8, 4) is 0 Å². The quantitative estimate of drug-likeness (QED) is 0.0320. The summed E-state index contributed by atoms with van der Waals surface area (Å²) in [6.07, 6.45) is 100. The van der Waals surface area contributed by atoms with E-state index in [0.717, 1.165) is 44.9 Å². The van der Waals surface area contributed by atoms with Gasteiger partial charge >= 0.3 is 5.97 Å². The number of allylic oxidation sites excluding steroid dienone is 3. The number of hydrogen-bond acceptors (Lipinski definition) is 5. The van der Waals surface area contributed by atoms with Crippen LogP contribution in [0.4, 0.5) is 0 Å². The predicted molar refractivity (Wildman–Crippen MR) is 389 cm³/mol. The number of aliphatic hydroxyl groups excluding tert-OH is 2. The van der Waals surface area contributed by atoms with Gasteiger partial charge in [-0.15, -0.1) is 0 Å². The van der Waals surface area contributed by atoms with Gasteiger partial charge in [-0.2, -0.15) is 0 Å². The summed E-state index contributed by atoms with van der Waals surface area (Å²) in [7, 11) is 0. The zero-order valence-corrected chi connectivity index (χ0v) is 60.0. The molecule has 0 bridgehead atoms. The molecule has 0 aromatic heterocycles. The van der Waals surface area contributed by atoms with Crippen LogP contribution in [-0.2, 0) is 14.3 Å². The normalized spacial score (nSPS) is 12.5. The molecule has 0 saturated heterocycles. The molecule has 6 nitrogen and oxygen atoms in total. The van der Waals surface area contributed by atoms with Crippen molar-refractivity contribution in [2.24, 2.45) is 0 Å². The molecule has 0 aromatic rings. The zero-order valence-electron chi connectivity index (χ0n) is 60.0. The standard InChI is InChI=1S/C82H159NO5/c1-3-5-7-9-11-13-15-17-19-21-22-23-34-37-40-43-46-50-54-58-62-66-70-74-80(85)79(78-84)83-81(86)75-71-67-63-59-55-51-47-44-41-38-35-32-30-28-26-24-25-27-29-31-33-36-39-42-45-49-53-57-61-65-69-73-77-88-82(87)76-72-68-64-60-56-52-48-20-18-16-14-12-10-8-6-4-2/h20,48,70,74,79-80,84-85H,3-19,21-47,49-69,71-73,75-78H2,1-2H3,(H,83,86)/b48-20-,74-70+. The maximum absolute atomic E-state index is 12.6. The third-order valence-electron chi connectivity index (χ3n) is 19.2. The van der Waals surface area contributed by atoms with E-state index in [0.29, 0.717) is 19.4 Å². The van der Waals surface area contributed by atoms with E-state index in [2.05, 4.69) is 31.3 Å². The molecular formula is C82H159NO5. The minimum absolute atomic E-state index is 0.0146. The van der Waals surface area contributed by atoms with Gasteiger partial charge in [-0.25, -0.2) is 0 Å². The van der Waals surface area contributed by atoms with Crippen molar-refractivity contribution in [1.82, 2.24) is 5.32 Å². The van der Waals surface area contributed by atoms with E-state index in [1.165, 1.54) is 392 Å². The molecule has 0 radical (unpaired) electrons. The summed E-state index contributed by atoms with van der Waals surface area (Å²) in [4.78, 5) is 24.7. The lowest BCUT2D eigenvalue weighted by molar-refractivity contribution is -0.143. The van der Waals surface area contributed by atoms with Gasteiger partial charge in [0.2, 0.25) is 5.91 Å². The van der Waals surface area contributed by atoms with E-state index in [1.807, 2.05) is 6.08 Å². The van der Waals surface area contributed by atoms with Gasteiger partial charge in [-0.05, 0) is 57.8 Å². The van der Waals surface area contributed by atoms with E-state index in [1.54, 1.807) is 6.08 Å². The Morgan fingerprint density at radius 3 is 0.807 bits per heavy atom. The molecule has 88 heavy (non-hydrogen) atoms. The van der Waals surface area contributed by atoms with Crippen LogP contribution in [0.15, 0.2) is 24.3 Å². The van der Waals surface area contributed by atoms with Gasteiger partial charge in [0.25, 0.3) is 0 Å². The van der Waals surface area contributed by atoms with Crippen LogP contribution >= 0.6 is 0 Å². The average molecular weight is 1240 g/mol. The number of nitrogens with one attached hydrogen (secondary N) is 1. The van der Waals surface area contributed by atoms with Crippen molar-refractivity contribution in [2.75, 3.05) is 13.2 Å². The van der Waals surface area contributed by atoms with Gasteiger partial charge in [0, 0.05) is 12.8 Å². The van der Waals surface area contributed by atoms with Crippen molar-refractivity contribution >= 4 is 11.9 Å². The molecule has 0 aliphatic rings. The molecular weight excluding hydrogens is 1080 g/mol. The van der Waals surface area contributed by atoms with Crippen LogP contribution in [0.1, 0.15) is 463 Å². The Labute approximate surface area is 551 Å². The Hall–Kier alpha value is -1.66. The van der Waals surface area contributed by atoms with Crippen LogP contribution in [0.2, 0.25) is 0 Å². The first kappa shape index (κ1) is 86.3. The first-order valence-electron chi connectivity index (χ1n) is 40.6. The van der Waals surface area contributed by atoms with Gasteiger partial charge in [-0.1, -0.05) is 417 Å². The molecule has 0 rings (SSSR count). The predicted octanol–water partition coefficient (Wildman–Crippen LogP) is 26.8. The van der Waals surface area contributed by atoms with Crippen molar-refractivity contribution in [3.05, 3.63) is 24.3 Å². The summed E-state index contributed by atoms with van der Waals surface area (Å²) in [5.74, 6) is -0.0435. The van der Waals surface area contributed by atoms with Crippen LogP contribution in [-0.4, -0.2) is 47.4 Å². The number of carbonyl (C=O) groups is 2. The summed E-state index contributed by atoms with van der Waals surface area (Å²) in [6, 6.07) is -0.626. The summed E-state index contributed by atoms with van der Waals surface area (Å²) in [5.41, 5.74) is 0. The summed E-state index contributed by atoms with van der Waals surface area (Å²) < 4.78 is 5.50. The Kier molecular flexibility index (Phi) is 76.3. The van der Waals surface area contributed by atoms with Crippen molar-refractivity contribution in [2.45, 2.75) is 475 Å². The highest BCUT2D eigenvalue weighted by atomic mass is 16.5. The molecule has 0 aliphatic carbocycles. The van der Waals surface area contributed by atoms with Crippen LogP contribution in [0.25, 0.3) is 0 Å². The van der Waals surface area contributed by atoms with Gasteiger partial charge in [0.05, 0.1) is 25.4 Å². The van der Waals surface area contributed by atoms with Gasteiger partial charge < -0.3 is 20.3 Å². The molecule has 2 unspecified atom stereocenters. The first-order valence-corrected chi connectivity index (χ1v) is 40.6. The molecule has 0 fully saturated rings. The molecule has 0 spiro atoms. The minimum Gasteiger partial charge on any atom is -0.466 e. The lowest BCUT2D eigenvalue weighted by Gasteiger charge is -2.20. The highest BCUT2D eigenvalue weighted by molar-refractivity contribution is 5.76. The number of unbranched alkanes of at least 4 members (excludes halogenated alkanes) is 64. The fraction of sp³-hybridized carbons (Fsp3) is 0.927. The van der Waals surface area contributed by atoms with Crippen molar-refractivity contribution in [1.29, 1.82) is 0 Å². The number of ether oxygens (including phenoxy) is 1. The molecule has 1 amide bonds. The molecule has 522 valence electrons. The third kappa shape index (κ3) is 73.4. The Morgan fingerprint density at radius 2 is 0.534 bits per heavy atom. The maximum Gasteiger partial charge on any atom is 0.305 e. The molecule has 0 saturated carbocycles. The number of amides is 1. The van der Waals surface area contributed by atoms with Crippen molar-refractivity contribution in [3.63, 3.8) is 0 Å². The second-order valence-corrected chi connectivity index (χ2v) is 28.1. The van der Waals surface area contributed by atoms with Crippen LogP contribution < -0.4 is 5.32 Å². The third-order valence-corrected chi connectivity index (χ3v) is 19.2. The van der Waals surface area contributed by atoms with Crippen LogP contribution in [0, 0.1) is 0 Å². The number of carbonyl (C=O) groups excluding carboxylic acids is 2. The van der Waals surface area contributed by atoms with E-state index < -0.39 is 12.1 Å². The number of aliphatic hydroxyl groups is 2. The summed E-state index contributed by atoms with van der Waals surface area (Å²) in [6.45, 7) is 4.95. The highest BCUT2D eigenvalue weighted by Gasteiger charge is 2.18. The fourth-order valence-electron chi connectivity index (χ4n) is 13.0.